The number of thiophene rings is 1. The molecule has 0 radical (unpaired) electrons. The first-order valence-electron chi connectivity index (χ1n) is 7.81. The summed E-state index contributed by atoms with van der Waals surface area (Å²) in [6, 6.07) is 5.97. The van der Waals surface area contributed by atoms with Gasteiger partial charge in [-0.2, -0.15) is 0 Å². The van der Waals surface area contributed by atoms with Gasteiger partial charge in [0.2, 0.25) is 0 Å². The summed E-state index contributed by atoms with van der Waals surface area (Å²) < 4.78 is 6.43. The van der Waals surface area contributed by atoms with Crippen LogP contribution < -0.4 is 5.56 Å². The van der Waals surface area contributed by atoms with Gasteiger partial charge in [0.15, 0.2) is 0 Å². The lowest BCUT2D eigenvalue weighted by atomic mass is 10.2. The summed E-state index contributed by atoms with van der Waals surface area (Å²) in [7, 11) is 0. The van der Waals surface area contributed by atoms with Crippen molar-refractivity contribution in [2.24, 2.45) is 0 Å². The molecular weight excluding hydrogens is 358 g/mol. The van der Waals surface area contributed by atoms with E-state index in [1.54, 1.807) is 26.0 Å². The number of aromatic nitrogens is 2. The molecule has 0 unspecified atom stereocenters. The first-order valence-corrected chi connectivity index (χ1v) is 8.63. The highest BCUT2D eigenvalue weighted by Gasteiger charge is 2.20. The highest BCUT2D eigenvalue weighted by atomic mass is 32.1. The topological polar surface area (TPSA) is 104 Å². The number of rotatable bonds is 5. The molecule has 0 fully saturated rings. The van der Waals surface area contributed by atoms with Crippen LogP contribution in [0.3, 0.4) is 0 Å². The van der Waals surface area contributed by atoms with E-state index in [9.17, 15) is 19.7 Å². The molecule has 0 aliphatic rings. The number of hydrogen-bond donors (Lipinski definition) is 0. The van der Waals surface area contributed by atoms with Crippen molar-refractivity contribution >= 4 is 33.2 Å². The van der Waals surface area contributed by atoms with E-state index in [1.807, 2.05) is 0 Å². The van der Waals surface area contributed by atoms with Gasteiger partial charge in [0, 0.05) is 12.1 Å². The molecule has 134 valence electrons. The second-order valence-corrected chi connectivity index (χ2v) is 6.56. The predicted octanol–water partition coefficient (Wildman–Crippen LogP) is 2.90. The molecule has 1 aromatic carbocycles. The van der Waals surface area contributed by atoms with Crippen molar-refractivity contribution in [3.8, 4) is 0 Å². The second kappa shape index (κ2) is 7.04. The van der Waals surface area contributed by atoms with Gasteiger partial charge < -0.3 is 4.74 Å². The Balaban J connectivity index is 1.99. The first-order chi connectivity index (χ1) is 12.4. The van der Waals surface area contributed by atoms with Crippen LogP contribution in [0.25, 0.3) is 10.2 Å². The Morgan fingerprint density at radius 2 is 2.04 bits per heavy atom. The number of aryl methyl sites for hydroxylation is 1. The molecule has 0 saturated heterocycles. The van der Waals surface area contributed by atoms with Gasteiger partial charge in [-0.3, -0.25) is 19.5 Å². The Kier molecular flexibility index (Phi) is 4.81. The average molecular weight is 373 g/mol. The molecule has 9 heteroatoms. The summed E-state index contributed by atoms with van der Waals surface area (Å²) in [5.41, 5.74) is 1.01. The predicted molar refractivity (Wildman–Crippen MR) is 96.8 cm³/mol. The standard InChI is InChI=1S/C17H15N3O5S/c1-3-25-17(22)14-10(2)13-15(26-14)18-9-19(16(13)21)8-11-4-6-12(7-5-11)20(23)24/h4-7,9H,3,8H2,1-2H3. The molecule has 26 heavy (non-hydrogen) atoms. The van der Waals surface area contributed by atoms with Crippen molar-refractivity contribution in [2.45, 2.75) is 20.4 Å². The second-order valence-electron chi connectivity index (χ2n) is 5.56. The highest BCUT2D eigenvalue weighted by Crippen LogP contribution is 2.27. The molecule has 0 aliphatic carbocycles. The zero-order chi connectivity index (χ0) is 18.8. The quantitative estimate of drug-likeness (QED) is 0.387. The SMILES string of the molecule is CCOC(=O)c1sc2ncn(Cc3ccc([N+](=O)[O-])cc3)c(=O)c2c1C. The van der Waals surface area contributed by atoms with Crippen LogP contribution in [-0.4, -0.2) is 27.1 Å². The molecule has 0 saturated carbocycles. The van der Waals surface area contributed by atoms with E-state index in [-0.39, 0.29) is 24.4 Å². The molecule has 8 nitrogen and oxygen atoms in total. The Morgan fingerprint density at radius 3 is 2.65 bits per heavy atom. The van der Waals surface area contributed by atoms with Gasteiger partial charge in [-0.25, -0.2) is 9.78 Å². The zero-order valence-electron chi connectivity index (χ0n) is 14.1. The van der Waals surface area contributed by atoms with Crippen LogP contribution in [0.5, 0.6) is 0 Å². The van der Waals surface area contributed by atoms with E-state index in [4.69, 9.17) is 4.74 Å². The number of hydrogen-bond acceptors (Lipinski definition) is 7. The van der Waals surface area contributed by atoms with Crippen LogP contribution in [-0.2, 0) is 11.3 Å². The minimum absolute atomic E-state index is 0.0116. The average Bonchev–Trinajstić information content (AvgIpc) is 2.95. The fourth-order valence-electron chi connectivity index (χ4n) is 2.58. The van der Waals surface area contributed by atoms with Gasteiger partial charge in [0.05, 0.1) is 29.8 Å². The number of nitrogens with zero attached hydrogens (tertiary/aromatic N) is 3. The third-order valence-electron chi connectivity index (χ3n) is 3.88. The number of esters is 1. The maximum absolute atomic E-state index is 12.8. The molecule has 0 spiro atoms. The van der Waals surface area contributed by atoms with Gasteiger partial charge in [0.25, 0.3) is 11.2 Å². The van der Waals surface area contributed by atoms with E-state index in [0.717, 1.165) is 16.9 Å². The number of benzene rings is 1. The third kappa shape index (κ3) is 3.21. The Labute approximate surface area is 151 Å². The van der Waals surface area contributed by atoms with Gasteiger partial charge >= 0.3 is 5.97 Å². The van der Waals surface area contributed by atoms with Crippen molar-refractivity contribution < 1.29 is 14.5 Å². The molecule has 3 aromatic rings. The molecule has 0 amide bonds. The molecule has 2 heterocycles. The number of carbonyl (C=O) groups excluding carboxylic acids is 1. The lowest BCUT2D eigenvalue weighted by Gasteiger charge is -2.05. The van der Waals surface area contributed by atoms with Gasteiger partial charge in [-0.1, -0.05) is 12.1 Å². The van der Waals surface area contributed by atoms with Crippen LogP contribution in [0, 0.1) is 17.0 Å². The van der Waals surface area contributed by atoms with Crippen molar-refractivity contribution in [1.82, 2.24) is 9.55 Å². The first kappa shape index (κ1) is 17.7. The highest BCUT2D eigenvalue weighted by molar-refractivity contribution is 7.20. The third-order valence-corrected chi connectivity index (χ3v) is 5.06. The van der Waals surface area contributed by atoms with Crippen molar-refractivity contribution in [3.63, 3.8) is 0 Å². The summed E-state index contributed by atoms with van der Waals surface area (Å²) >= 11 is 1.13. The molecule has 0 N–H and O–H groups in total. The lowest BCUT2D eigenvalue weighted by Crippen LogP contribution is -2.21. The largest absolute Gasteiger partial charge is 0.462 e. The maximum atomic E-state index is 12.8. The fraction of sp³-hybridized carbons (Fsp3) is 0.235. The van der Waals surface area contributed by atoms with Crippen LogP contribution in [0.4, 0.5) is 5.69 Å². The number of ether oxygens (including phenoxy) is 1. The Hall–Kier alpha value is -3.07. The molecular formula is C17H15N3O5S. The minimum Gasteiger partial charge on any atom is -0.462 e. The summed E-state index contributed by atoms with van der Waals surface area (Å²) in [6.45, 7) is 3.90. The van der Waals surface area contributed by atoms with Crippen LogP contribution in [0.1, 0.15) is 27.7 Å². The summed E-state index contributed by atoms with van der Waals surface area (Å²) in [4.78, 5) is 40.2. The van der Waals surface area contributed by atoms with Crippen LogP contribution in [0.2, 0.25) is 0 Å². The molecule has 0 aliphatic heterocycles. The maximum Gasteiger partial charge on any atom is 0.348 e. The molecule has 0 bridgehead atoms. The van der Waals surface area contributed by atoms with E-state index in [2.05, 4.69) is 4.98 Å². The van der Waals surface area contributed by atoms with E-state index < -0.39 is 10.9 Å². The molecule has 3 rings (SSSR count). The number of nitro benzene ring substituents is 1. The van der Waals surface area contributed by atoms with E-state index in [0.29, 0.717) is 20.7 Å². The van der Waals surface area contributed by atoms with Crippen molar-refractivity contribution in [1.29, 1.82) is 0 Å². The normalized spacial score (nSPS) is 10.8. The van der Waals surface area contributed by atoms with Crippen LogP contribution in [0.15, 0.2) is 35.4 Å². The van der Waals surface area contributed by atoms with Gasteiger partial charge in [-0.15, -0.1) is 11.3 Å². The molecule has 2 aromatic heterocycles. The number of non-ortho nitro benzene ring substituents is 1. The zero-order valence-corrected chi connectivity index (χ0v) is 14.9. The summed E-state index contributed by atoms with van der Waals surface area (Å²) in [6.07, 6.45) is 1.41. The van der Waals surface area contributed by atoms with Gasteiger partial charge in [-0.05, 0) is 25.0 Å². The van der Waals surface area contributed by atoms with E-state index >= 15 is 0 Å². The van der Waals surface area contributed by atoms with Crippen molar-refractivity contribution in [3.05, 3.63) is 67.1 Å². The number of nitro groups is 1. The van der Waals surface area contributed by atoms with Crippen LogP contribution >= 0.6 is 11.3 Å². The number of carbonyl (C=O) groups is 1. The monoisotopic (exact) mass is 373 g/mol. The van der Waals surface area contributed by atoms with E-state index in [1.165, 1.54) is 23.0 Å². The van der Waals surface area contributed by atoms with Crippen molar-refractivity contribution in [2.75, 3.05) is 6.61 Å². The Morgan fingerprint density at radius 1 is 1.35 bits per heavy atom. The van der Waals surface area contributed by atoms with Gasteiger partial charge in [0.1, 0.15) is 9.71 Å². The summed E-state index contributed by atoms with van der Waals surface area (Å²) in [5, 5.41) is 11.1. The number of fused-ring (bicyclic) bond motifs is 1. The fourth-order valence-corrected chi connectivity index (χ4v) is 3.62. The Bertz CT molecular complexity index is 1050. The lowest BCUT2D eigenvalue weighted by molar-refractivity contribution is -0.384. The summed E-state index contributed by atoms with van der Waals surface area (Å²) in [5.74, 6) is -0.464. The minimum atomic E-state index is -0.477. The smallest absolute Gasteiger partial charge is 0.348 e. The molecule has 0 atom stereocenters.